The van der Waals surface area contributed by atoms with Crippen LogP contribution in [0, 0.1) is 5.92 Å². The predicted molar refractivity (Wildman–Crippen MR) is 154 cm³/mol. The molecule has 0 aliphatic carbocycles. The van der Waals surface area contributed by atoms with Gasteiger partial charge in [0.25, 0.3) is 0 Å². The van der Waals surface area contributed by atoms with Crippen molar-refractivity contribution in [2.75, 3.05) is 6.61 Å². The third-order valence-electron chi connectivity index (χ3n) is 6.68. The fraction of sp³-hybridized carbons (Fsp3) is 0.375. The Kier molecular flexibility index (Phi) is 11.4. The average Bonchev–Trinajstić information content (AvgIpc) is 2.91. The summed E-state index contributed by atoms with van der Waals surface area (Å²) in [5, 5.41) is 3.96. The van der Waals surface area contributed by atoms with Crippen molar-refractivity contribution < 1.29 is 9.53 Å². The zero-order chi connectivity index (χ0) is 24.8. The molecule has 3 aromatic carbocycles. The molecule has 0 saturated heterocycles. The number of carbonyl (C=O) groups is 1. The summed E-state index contributed by atoms with van der Waals surface area (Å²) in [6.07, 6.45) is 8.97. The van der Waals surface area contributed by atoms with Crippen molar-refractivity contribution in [2.45, 2.75) is 65.2 Å². The first-order chi connectivity index (χ1) is 17.2. The van der Waals surface area contributed by atoms with Crippen LogP contribution in [0.25, 0.3) is 0 Å². The van der Waals surface area contributed by atoms with Crippen LogP contribution in [0.1, 0.15) is 65.2 Å². The maximum absolute atomic E-state index is 13.0. The van der Waals surface area contributed by atoms with Crippen molar-refractivity contribution in [3.05, 3.63) is 91.0 Å². The van der Waals surface area contributed by atoms with E-state index in [0.717, 1.165) is 19.3 Å². The van der Waals surface area contributed by atoms with Gasteiger partial charge in [-0.2, -0.15) is 0 Å². The van der Waals surface area contributed by atoms with Crippen LogP contribution in [0.15, 0.2) is 91.0 Å². The summed E-state index contributed by atoms with van der Waals surface area (Å²) < 4.78 is 5.54. The standard InChI is InChI=1S/C32H41O2P/c1-3-5-6-7-8-12-19-28(32(33)34-4-2)26-27-35(29-20-13-9-14-21-29,30-22-15-10-16-23-30)31-24-17-11-18-25-31/h9-11,13-18,20-25,27-28H,3-8,12,19,26H2,1-2H3. The van der Waals surface area contributed by atoms with Crippen LogP contribution in [0.4, 0.5) is 0 Å². The fourth-order valence-electron chi connectivity index (χ4n) is 4.80. The van der Waals surface area contributed by atoms with Crippen LogP contribution >= 0.6 is 6.89 Å². The van der Waals surface area contributed by atoms with Gasteiger partial charge in [0.2, 0.25) is 0 Å². The van der Waals surface area contributed by atoms with Crippen LogP contribution in [0.5, 0.6) is 0 Å². The molecule has 0 fully saturated rings. The van der Waals surface area contributed by atoms with E-state index in [-0.39, 0.29) is 11.9 Å². The summed E-state index contributed by atoms with van der Waals surface area (Å²) in [6.45, 7) is 2.53. The Labute approximate surface area is 212 Å². The van der Waals surface area contributed by atoms with Crippen LogP contribution in [0.2, 0.25) is 0 Å². The quantitative estimate of drug-likeness (QED) is 0.137. The van der Waals surface area contributed by atoms with E-state index in [1.165, 1.54) is 48.0 Å². The summed E-state index contributed by atoms with van der Waals surface area (Å²) in [5.41, 5.74) is 0. The molecule has 1 unspecified atom stereocenters. The second kappa shape index (κ2) is 14.7. The lowest BCUT2D eigenvalue weighted by Crippen LogP contribution is -2.28. The molecule has 0 N–H and O–H groups in total. The van der Waals surface area contributed by atoms with Crippen LogP contribution in [-0.2, 0) is 9.53 Å². The third-order valence-corrected chi connectivity index (χ3v) is 10.8. The molecule has 0 radical (unpaired) electrons. The van der Waals surface area contributed by atoms with Gasteiger partial charge in [-0.1, -0.05) is 142 Å². The Morgan fingerprint density at radius 3 is 1.63 bits per heavy atom. The highest BCUT2D eigenvalue weighted by molar-refractivity contribution is 7.94. The maximum Gasteiger partial charge on any atom is 0.309 e. The van der Waals surface area contributed by atoms with Gasteiger partial charge < -0.3 is 4.74 Å². The lowest BCUT2D eigenvalue weighted by Gasteiger charge is -2.29. The molecule has 0 aliphatic rings. The van der Waals surface area contributed by atoms with Crippen LogP contribution in [0.3, 0.4) is 0 Å². The van der Waals surface area contributed by atoms with Crippen LogP contribution in [-0.4, -0.2) is 18.4 Å². The summed E-state index contributed by atoms with van der Waals surface area (Å²) in [7, 11) is 0. The smallest absolute Gasteiger partial charge is 0.309 e. The van der Waals surface area contributed by atoms with E-state index in [9.17, 15) is 4.79 Å². The Morgan fingerprint density at radius 2 is 1.17 bits per heavy atom. The molecule has 0 heterocycles. The van der Waals surface area contributed by atoms with E-state index in [4.69, 9.17) is 4.74 Å². The average molecular weight is 489 g/mol. The topological polar surface area (TPSA) is 26.3 Å². The molecule has 2 nitrogen and oxygen atoms in total. The van der Waals surface area contributed by atoms with Crippen LogP contribution < -0.4 is 15.9 Å². The Bertz CT molecular complexity index is 941. The largest absolute Gasteiger partial charge is 0.466 e. The molecule has 3 heteroatoms. The molecule has 0 saturated carbocycles. The van der Waals surface area contributed by atoms with E-state index in [0.29, 0.717) is 6.61 Å². The number of hydrogen-bond donors (Lipinski definition) is 0. The fourth-order valence-corrected chi connectivity index (χ4v) is 8.83. The Morgan fingerprint density at radius 1 is 0.714 bits per heavy atom. The lowest BCUT2D eigenvalue weighted by molar-refractivity contribution is -0.148. The van der Waals surface area contributed by atoms with Gasteiger partial charge in [-0.25, -0.2) is 0 Å². The second-order valence-corrected chi connectivity index (χ2v) is 12.5. The van der Waals surface area contributed by atoms with Gasteiger partial charge in [0.1, 0.15) is 0 Å². The van der Waals surface area contributed by atoms with Crippen molar-refractivity contribution >= 4 is 34.6 Å². The zero-order valence-corrected chi connectivity index (χ0v) is 22.3. The minimum Gasteiger partial charge on any atom is -0.466 e. The number of ether oxygens (including phenoxy) is 1. The molecule has 0 amide bonds. The Balaban J connectivity index is 2.01. The molecular weight excluding hydrogens is 447 g/mol. The second-order valence-electron chi connectivity index (χ2n) is 9.15. The van der Waals surface area contributed by atoms with E-state index < -0.39 is 6.89 Å². The van der Waals surface area contributed by atoms with Crippen molar-refractivity contribution in [3.63, 3.8) is 0 Å². The van der Waals surface area contributed by atoms with Crippen molar-refractivity contribution in [1.82, 2.24) is 0 Å². The minimum atomic E-state index is -2.05. The van der Waals surface area contributed by atoms with Gasteiger partial charge >= 0.3 is 5.97 Å². The van der Waals surface area contributed by atoms with Crippen molar-refractivity contribution in [1.29, 1.82) is 0 Å². The first kappa shape index (κ1) is 27.0. The minimum absolute atomic E-state index is 0.0513. The molecule has 1 atom stereocenters. The molecule has 0 aromatic heterocycles. The first-order valence-corrected chi connectivity index (χ1v) is 15.1. The third kappa shape index (κ3) is 7.45. The number of carbonyl (C=O) groups excluding carboxylic acids is 1. The molecule has 186 valence electrons. The highest BCUT2D eigenvalue weighted by atomic mass is 31.2. The number of hydrogen-bond acceptors (Lipinski definition) is 2. The Hall–Kier alpha value is -2.57. The SMILES string of the molecule is CCCCCCCCC(CC=P(c1ccccc1)(c1ccccc1)c1ccccc1)C(=O)OCC. The molecule has 0 bridgehead atoms. The lowest BCUT2D eigenvalue weighted by atomic mass is 9.98. The summed E-state index contributed by atoms with van der Waals surface area (Å²) in [5.74, 6) is 2.33. The molecular formula is C32H41O2P. The van der Waals surface area contributed by atoms with Crippen molar-refractivity contribution in [2.24, 2.45) is 5.92 Å². The van der Waals surface area contributed by atoms with E-state index in [1.54, 1.807) is 0 Å². The van der Waals surface area contributed by atoms with Gasteiger partial charge in [-0.3, -0.25) is 4.79 Å². The zero-order valence-electron chi connectivity index (χ0n) is 21.4. The van der Waals surface area contributed by atoms with Crippen molar-refractivity contribution in [3.8, 4) is 0 Å². The normalized spacial score (nSPS) is 12.2. The van der Waals surface area contributed by atoms with E-state index in [2.05, 4.69) is 104 Å². The first-order valence-electron chi connectivity index (χ1n) is 13.3. The predicted octanol–water partition coefficient (Wildman–Crippen LogP) is 7.10. The van der Waals surface area contributed by atoms with E-state index >= 15 is 0 Å². The van der Waals surface area contributed by atoms with Gasteiger partial charge in [0.05, 0.1) is 12.5 Å². The number of unbranched alkanes of at least 4 members (excludes halogenated alkanes) is 5. The van der Waals surface area contributed by atoms with Gasteiger partial charge in [0, 0.05) is 0 Å². The molecule has 35 heavy (non-hydrogen) atoms. The maximum atomic E-state index is 13.0. The van der Waals surface area contributed by atoms with E-state index in [1.807, 2.05) is 6.92 Å². The molecule has 0 aliphatic heterocycles. The monoisotopic (exact) mass is 488 g/mol. The number of benzene rings is 3. The number of rotatable bonds is 14. The highest BCUT2D eigenvalue weighted by Crippen LogP contribution is 2.44. The number of esters is 1. The van der Waals surface area contributed by atoms with Gasteiger partial charge in [-0.15, -0.1) is 0 Å². The highest BCUT2D eigenvalue weighted by Gasteiger charge is 2.27. The summed E-state index contributed by atoms with van der Waals surface area (Å²) in [4.78, 5) is 13.0. The summed E-state index contributed by atoms with van der Waals surface area (Å²) in [6, 6.07) is 32.5. The van der Waals surface area contributed by atoms with Gasteiger partial charge in [-0.05, 0) is 42.6 Å². The summed E-state index contributed by atoms with van der Waals surface area (Å²) >= 11 is 0. The van der Waals surface area contributed by atoms with Gasteiger partial charge in [0.15, 0.2) is 0 Å². The molecule has 3 rings (SSSR count). The molecule has 3 aromatic rings. The molecule has 0 spiro atoms.